The van der Waals surface area contributed by atoms with E-state index >= 15 is 0 Å². The largest absolute Gasteiger partial charge is 0.586 e. The van der Waals surface area contributed by atoms with Crippen LogP contribution in [0.3, 0.4) is 0 Å². The predicted octanol–water partition coefficient (Wildman–Crippen LogP) is 3.98. The molecule has 0 atom stereocenters. The van der Waals surface area contributed by atoms with Crippen molar-refractivity contribution in [2.45, 2.75) is 13.2 Å². The highest BCUT2D eigenvalue weighted by molar-refractivity contribution is 5.74. The number of fused-ring (bicyclic) bond motifs is 1. The van der Waals surface area contributed by atoms with Gasteiger partial charge in [-0.1, -0.05) is 42.0 Å². The first kappa shape index (κ1) is 11.0. The normalized spacial score (nSPS) is 15.7. The molecule has 0 aliphatic carbocycles. The van der Waals surface area contributed by atoms with Crippen LogP contribution in [0.5, 0.6) is 11.5 Å². The fourth-order valence-corrected chi connectivity index (χ4v) is 1.93. The van der Waals surface area contributed by atoms with E-state index in [-0.39, 0.29) is 11.5 Å². The Labute approximate surface area is 103 Å². The molecule has 0 spiro atoms. The average Bonchev–Trinajstić information content (AvgIpc) is 2.64. The van der Waals surface area contributed by atoms with E-state index in [9.17, 15) is 8.78 Å². The molecule has 18 heavy (non-hydrogen) atoms. The molecule has 2 nitrogen and oxygen atoms in total. The monoisotopic (exact) mass is 248 g/mol. The molecule has 1 aliphatic rings. The minimum Gasteiger partial charge on any atom is -0.395 e. The standard InChI is InChI=1S/C14H10F2O2/c1-9-5-7-10(8-6-9)11-3-2-4-12-13(11)18-14(15,16)17-12/h2-8H,1H3. The Morgan fingerprint density at radius 2 is 1.67 bits per heavy atom. The molecule has 0 radical (unpaired) electrons. The Morgan fingerprint density at radius 3 is 2.39 bits per heavy atom. The third kappa shape index (κ3) is 1.79. The quantitative estimate of drug-likeness (QED) is 0.759. The van der Waals surface area contributed by atoms with Crippen LogP contribution in [0.25, 0.3) is 11.1 Å². The summed E-state index contributed by atoms with van der Waals surface area (Å²) in [5.41, 5.74) is 2.53. The lowest BCUT2D eigenvalue weighted by Gasteiger charge is -2.07. The summed E-state index contributed by atoms with van der Waals surface area (Å²) in [5.74, 6) is 0.157. The molecule has 0 saturated carbocycles. The van der Waals surface area contributed by atoms with Gasteiger partial charge in [0.25, 0.3) is 0 Å². The van der Waals surface area contributed by atoms with Gasteiger partial charge in [0.05, 0.1) is 0 Å². The number of alkyl halides is 2. The lowest BCUT2D eigenvalue weighted by molar-refractivity contribution is -0.286. The predicted molar refractivity (Wildman–Crippen MR) is 62.8 cm³/mol. The van der Waals surface area contributed by atoms with Crippen LogP contribution >= 0.6 is 0 Å². The van der Waals surface area contributed by atoms with Crippen molar-refractivity contribution >= 4 is 0 Å². The van der Waals surface area contributed by atoms with E-state index in [0.717, 1.165) is 11.1 Å². The fraction of sp³-hybridized carbons (Fsp3) is 0.143. The first-order chi connectivity index (χ1) is 8.55. The number of para-hydroxylation sites is 1. The van der Waals surface area contributed by atoms with Crippen molar-refractivity contribution in [2.24, 2.45) is 0 Å². The van der Waals surface area contributed by atoms with Crippen molar-refractivity contribution in [2.75, 3.05) is 0 Å². The van der Waals surface area contributed by atoms with Gasteiger partial charge >= 0.3 is 6.29 Å². The topological polar surface area (TPSA) is 18.5 Å². The molecular weight excluding hydrogens is 238 g/mol. The highest BCUT2D eigenvalue weighted by atomic mass is 19.3. The number of aryl methyl sites for hydroxylation is 1. The van der Waals surface area contributed by atoms with Gasteiger partial charge in [0.2, 0.25) is 0 Å². The number of benzene rings is 2. The molecule has 2 aromatic carbocycles. The molecule has 1 heterocycles. The molecule has 0 amide bonds. The molecule has 0 N–H and O–H groups in total. The molecule has 92 valence electrons. The minimum atomic E-state index is -3.58. The Kier molecular flexibility index (Phi) is 2.26. The molecular formula is C14H10F2O2. The fourth-order valence-electron chi connectivity index (χ4n) is 1.93. The number of hydrogen-bond donors (Lipinski definition) is 0. The highest BCUT2D eigenvalue weighted by Crippen LogP contribution is 2.46. The second-order valence-corrected chi connectivity index (χ2v) is 4.17. The third-order valence-electron chi connectivity index (χ3n) is 2.79. The maximum Gasteiger partial charge on any atom is 0.586 e. The lowest BCUT2D eigenvalue weighted by atomic mass is 10.0. The lowest BCUT2D eigenvalue weighted by Crippen LogP contribution is -2.26. The van der Waals surface area contributed by atoms with Gasteiger partial charge in [-0.25, -0.2) is 0 Å². The van der Waals surface area contributed by atoms with Crippen molar-refractivity contribution in [3.05, 3.63) is 48.0 Å². The van der Waals surface area contributed by atoms with Crippen LogP contribution in [-0.2, 0) is 0 Å². The molecule has 2 aromatic rings. The van der Waals surface area contributed by atoms with Crippen LogP contribution < -0.4 is 9.47 Å². The summed E-state index contributed by atoms with van der Waals surface area (Å²) in [6.45, 7) is 1.97. The maximum absolute atomic E-state index is 13.1. The van der Waals surface area contributed by atoms with Gasteiger partial charge in [-0.05, 0) is 18.6 Å². The number of halogens is 2. The Bertz CT molecular complexity index is 591. The van der Waals surface area contributed by atoms with Crippen LogP contribution in [0.15, 0.2) is 42.5 Å². The first-order valence-electron chi connectivity index (χ1n) is 5.51. The zero-order chi connectivity index (χ0) is 12.8. The molecule has 0 unspecified atom stereocenters. The van der Waals surface area contributed by atoms with Gasteiger partial charge in [-0.2, -0.15) is 0 Å². The summed E-state index contributed by atoms with van der Waals surface area (Å²) in [6, 6.07) is 12.4. The van der Waals surface area contributed by atoms with Gasteiger partial charge in [0.1, 0.15) is 0 Å². The van der Waals surface area contributed by atoms with E-state index < -0.39 is 6.29 Å². The highest BCUT2D eigenvalue weighted by Gasteiger charge is 2.44. The molecule has 1 aliphatic heterocycles. The van der Waals surface area contributed by atoms with Gasteiger partial charge < -0.3 is 9.47 Å². The summed E-state index contributed by atoms with van der Waals surface area (Å²) in [7, 11) is 0. The zero-order valence-corrected chi connectivity index (χ0v) is 9.61. The average molecular weight is 248 g/mol. The Morgan fingerprint density at radius 1 is 0.944 bits per heavy atom. The summed E-state index contributed by atoms with van der Waals surface area (Å²) >= 11 is 0. The molecule has 3 rings (SSSR count). The summed E-state index contributed by atoms with van der Waals surface area (Å²) in [5, 5.41) is 0. The summed E-state index contributed by atoms with van der Waals surface area (Å²) < 4.78 is 35.1. The van der Waals surface area contributed by atoms with E-state index in [1.54, 1.807) is 12.1 Å². The van der Waals surface area contributed by atoms with Crippen molar-refractivity contribution in [3.8, 4) is 22.6 Å². The second kappa shape index (κ2) is 3.70. The van der Waals surface area contributed by atoms with Crippen molar-refractivity contribution in [3.63, 3.8) is 0 Å². The van der Waals surface area contributed by atoms with Gasteiger partial charge in [-0.15, -0.1) is 8.78 Å². The molecule has 0 saturated heterocycles. The van der Waals surface area contributed by atoms with Crippen molar-refractivity contribution < 1.29 is 18.3 Å². The zero-order valence-electron chi connectivity index (χ0n) is 9.61. The molecule has 0 aromatic heterocycles. The number of hydrogen-bond acceptors (Lipinski definition) is 2. The van der Waals surface area contributed by atoms with Crippen LogP contribution in [0.1, 0.15) is 5.56 Å². The van der Waals surface area contributed by atoms with Crippen LogP contribution in [-0.4, -0.2) is 6.29 Å². The summed E-state index contributed by atoms with van der Waals surface area (Å²) in [6.07, 6.45) is -3.58. The maximum atomic E-state index is 13.1. The smallest absolute Gasteiger partial charge is 0.395 e. The van der Waals surface area contributed by atoms with Crippen molar-refractivity contribution in [1.29, 1.82) is 0 Å². The number of ether oxygens (including phenoxy) is 2. The van der Waals surface area contributed by atoms with E-state index in [2.05, 4.69) is 9.47 Å². The Hall–Kier alpha value is -2.10. The van der Waals surface area contributed by atoms with E-state index in [0.29, 0.717) is 5.56 Å². The van der Waals surface area contributed by atoms with Crippen LogP contribution in [0, 0.1) is 6.92 Å². The molecule has 4 heteroatoms. The summed E-state index contributed by atoms with van der Waals surface area (Å²) in [4.78, 5) is 0. The van der Waals surface area contributed by atoms with Crippen LogP contribution in [0.4, 0.5) is 8.78 Å². The molecule has 0 fully saturated rings. The molecule has 0 bridgehead atoms. The van der Waals surface area contributed by atoms with Crippen LogP contribution in [0.2, 0.25) is 0 Å². The van der Waals surface area contributed by atoms with E-state index in [1.807, 2.05) is 31.2 Å². The number of rotatable bonds is 1. The van der Waals surface area contributed by atoms with E-state index in [1.165, 1.54) is 6.07 Å². The van der Waals surface area contributed by atoms with Gasteiger partial charge in [-0.3, -0.25) is 0 Å². The van der Waals surface area contributed by atoms with Crippen molar-refractivity contribution in [1.82, 2.24) is 0 Å². The first-order valence-corrected chi connectivity index (χ1v) is 5.51. The SMILES string of the molecule is Cc1ccc(-c2cccc3c2OC(F)(F)O3)cc1. The van der Waals surface area contributed by atoms with Gasteiger partial charge in [0, 0.05) is 5.56 Å². The van der Waals surface area contributed by atoms with Gasteiger partial charge in [0.15, 0.2) is 11.5 Å². The second-order valence-electron chi connectivity index (χ2n) is 4.17. The minimum absolute atomic E-state index is 0.0677. The Balaban J connectivity index is 2.10. The third-order valence-corrected chi connectivity index (χ3v) is 2.79. The van der Waals surface area contributed by atoms with E-state index in [4.69, 9.17) is 0 Å².